The monoisotopic (exact) mass is 529 g/mol. The van der Waals surface area contributed by atoms with Crippen molar-refractivity contribution in [1.82, 2.24) is 9.88 Å². The number of hydrogen-bond donors (Lipinski definition) is 1. The second kappa shape index (κ2) is 12.1. The standard InChI is InChI=1S/C32H30F3N3O/c1-4-16-38(5-2)21-27-14-15-28(18-30(27)32(33,34)35)37-31(39)24-11-10-22(3)23(17-24)12-13-26-20-36-19-25-8-6-7-9-29(25)26/h6-11,14-15,17-20H,4-5,16,21H2,1-3H3,(H,37,39). The minimum absolute atomic E-state index is 0.0876. The molecule has 4 rings (SSSR count). The van der Waals surface area contributed by atoms with Gasteiger partial charge in [0.05, 0.1) is 11.1 Å². The number of fused-ring (bicyclic) bond motifs is 1. The topological polar surface area (TPSA) is 45.2 Å². The fraction of sp³-hybridized carbons (Fsp3) is 0.250. The van der Waals surface area contributed by atoms with E-state index in [1.807, 2.05) is 49.9 Å². The van der Waals surface area contributed by atoms with Gasteiger partial charge in [0.25, 0.3) is 5.91 Å². The molecule has 0 fully saturated rings. The van der Waals surface area contributed by atoms with Crippen molar-refractivity contribution in [2.24, 2.45) is 0 Å². The van der Waals surface area contributed by atoms with Crippen LogP contribution in [0.5, 0.6) is 0 Å². The van der Waals surface area contributed by atoms with Gasteiger partial charge in [-0.3, -0.25) is 14.7 Å². The Morgan fingerprint density at radius 3 is 2.49 bits per heavy atom. The second-order valence-electron chi connectivity index (χ2n) is 9.38. The summed E-state index contributed by atoms with van der Waals surface area (Å²) in [6.07, 6.45) is -0.209. The maximum absolute atomic E-state index is 13.9. The third-order valence-electron chi connectivity index (χ3n) is 6.55. The lowest BCUT2D eigenvalue weighted by atomic mass is 10.0. The van der Waals surface area contributed by atoms with E-state index in [2.05, 4.69) is 22.1 Å². The number of anilines is 1. The van der Waals surface area contributed by atoms with Crippen LogP contribution in [-0.2, 0) is 12.7 Å². The van der Waals surface area contributed by atoms with Gasteiger partial charge < -0.3 is 5.32 Å². The minimum Gasteiger partial charge on any atom is -0.322 e. The lowest BCUT2D eigenvalue weighted by Crippen LogP contribution is -2.25. The first-order valence-corrected chi connectivity index (χ1v) is 12.9. The zero-order chi connectivity index (χ0) is 28.0. The molecule has 0 bridgehead atoms. The molecule has 3 aromatic carbocycles. The molecular weight excluding hydrogens is 499 g/mol. The number of rotatable bonds is 7. The summed E-state index contributed by atoms with van der Waals surface area (Å²) in [6, 6.07) is 16.8. The first-order chi connectivity index (χ1) is 18.7. The number of amides is 1. The van der Waals surface area contributed by atoms with E-state index in [1.165, 1.54) is 12.1 Å². The van der Waals surface area contributed by atoms with E-state index in [1.54, 1.807) is 30.6 Å². The van der Waals surface area contributed by atoms with Crippen molar-refractivity contribution in [3.05, 3.63) is 106 Å². The van der Waals surface area contributed by atoms with Gasteiger partial charge in [0.2, 0.25) is 0 Å². The molecule has 0 aliphatic heterocycles. The molecule has 0 saturated heterocycles. The number of carbonyl (C=O) groups is 1. The van der Waals surface area contributed by atoms with Gasteiger partial charge in [0.1, 0.15) is 0 Å². The molecule has 7 heteroatoms. The Morgan fingerprint density at radius 1 is 0.974 bits per heavy atom. The molecule has 200 valence electrons. The average Bonchev–Trinajstić information content (AvgIpc) is 2.92. The van der Waals surface area contributed by atoms with Gasteiger partial charge in [0, 0.05) is 46.5 Å². The Labute approximate surface area is 226 Å². The second-order valence-corrected chi connectivity index (χ2v) is 9.38. The number of carbonyl (C=O) groups excluding carboxylic acids is 1. The van der Waals surface area contributed by atoms with Crippen LogP contribution in [0.15, 0.2) is 73.1 Å². The summed E-state index contributed by atoms with van der Waals surface area (Å²) >= 11 is 0. The highest BCUT2D eigenvalue weighted by molar-refractivity contribution is 6.04. The van der Waals surface area contributed by atoms with Crippen molar-refractivity contribution in [2.45, 2.75) is 39.9 Å². The molecule has 1 aromatic heterocycles. The van der Waals surface area contributed by atoms with Crippen LogP contribution in [0.4, 0.5) is 18.9 Å². The maximum Gasteiger partial charge on any atom is 0.416 e. The molecule has 0 spiro atoms. The van der Waals surface area contributed by atoms with Crippen LogP contribution in [0, 0.1) is 18.8 Å². The molecule has 0 radical (unpaired) electrons. The van der Waals surface area contributed by atoms with Crippen molar-refractivity contribution in [3.63, 3.8) is 0 Å². The summed E-state index contributed by atoms with van der Waals surface area (Å²) in [6.45, 7) is 7.37. The van der Waals surface area contributed by atoms with Crippen LogP contribution < -0.4 is 5.32 Å². The van der Waals surface area contributed by atoms with E-state index in [0.717, 1.165) is 34.4 Å². The van der Waals surface area contributed by atoms with Crippen LogP contribution in [0.25, 0.3) is 10.8 Å². The number of halogens is 3. The molecule has 4 nitrogen and oxygen atoms in total. The van der Waals surface area contributed by atoms with Crippen LogP contribution in [0.3, 0.4) is 0 Å². The van der Waals surface area contributed by atoms with Gasteiger partial charge >= 0.3 is 6.18 Å². The summed E-state index contributed by atoms with van der Waals surface area (Å²) < 4.78 is 41.7. The van der Waals surface area contributed by atoms with Gasteiger partial charge in [-0.2, -0.15) is 13.2 Å². The summed E-state index contributed by atoms with van der Waals surface area (Å²) in [5.41, 5.74) is 2.13. The van der Waals surface area contributed by atoms with Crippen LogP contribution in [-0.4, -0.2) is 28.9 Å². The van der Waals surface area contributed by atoms with Gasteiger partial charge in [-0.05, 0) is 61.8 Å². The molecule has 1 N–H and O–H groups in total. The molecule has 0 saturated carbocycles. The summed E-state index contributed by atoms with van der Waals surface area (Å²) in [4.78, 5) is 19.2. The molecule has 0 aliphatic rings. The maximum atomic E-state index is 13.9. The third kappa shape index (κ3) is 6.84. The Morgan fingerprint density at radius 2 is 1.74 bits per heavy atom. The van der Waals surface area contributed by atoms with E-state index in [0.29, 0.717) is 24.2 Å². The molecule has 39 heavy (non-hydrogen) atoms. The average molecular weight is 530 g/mol. The van der Waals surface area contributed by atoms with E-state index in [4.69, 9.17) is 0 Å². The molecule has 0 aliphatic carbocycles. The van der Waals surface area contributed by atoms with Gasteiger partial charge in [-0.25, -0.2) is 0 Å². The third-order valence-corrected chi connectivity index (χ3v) is 6.55. The van der Waals surface area contributed by atoms with Crippen molar-refractivity contribution in [2.75, 3.05) is 18.4 Å². The Balaban J connectivity index is 1.58. The number of aromatic nitrogens is 1. The minimum atomic E-state index is -4.54. The van der Waals surface area contributed by atoms with Crippen molar-refractivity contribution >= 4 is 22.4 Å². The normalized spacial score (nSPS) is 11.4. The molecule has 0 atom stereocenters. The molecule has 0 unspecified atom stereocenters. The summed E-state index contributed by atoms with van der Waals surface area (Å²) in [5, 5.41) is 4.58. The first-order valence-electron chi connectivity index (χ1n) is 12.9. The zero-order valence-corrected chi connectivity index (χ0v) is 22.2. The predicted octanol–water partition coefficient (Wildman–Crippen LogP) is 7.45. The number of alkyl halides is 3. The molecule has 1 heterocycles. The van der Waals surface area contributed by atoms with Crippen molar-refractivity contribution in [3.8, 4) is 11.8 Å². The summed E-state index contributed by atoms with van der Waals surface area (Å²) in [5.74, 6) is 5.77. The zero-order valence-electron chi connectivity index (χ0n) is 22.2. The van der Waals surface area contributed by atoms with E-state index < -0.39 is 17.6 Å². The SMILES string of the molecule is CCCN(CC)Cc1ccc(NC(=O)c2ccc(C)c(C#Cc3cncc4ccccc34)c2)cc1C(F)(F)F. The van der Waals surface area contributed by atoms with Crippen LogP contribution in [0.2, 0.25) is 0 Å². The molecular formula is C32H30F3N3O. The quantitative estimate of drug-likeness (QED) is 0.253. The fourth-order valence-corrected chi connectivity index (χ4v) is 4.41. The predicted molar refractivity (Wildman–Crippen MR) is 150 cm³/mol. The van der Waals surface area contributed by atoms with E-state index >= 15 is 0 Å². The number of nitrogens with zero attached hydrogens (tertiary/aromatic N) is 2. The number of hydrogen-bond acceptors (Lipinski definition) is 3. The van der Waals surface area contributed by atoms with E-state index in [9.17, 15) is 18.0 Å². The highest BCUT2D eigenvalue weighted by Gasteiger charge is 2.34. The lowest BCUT2D eigenvalue weighted by Gasteiger charge is -2.22. The lowest BCUT2D eigenvalue weighted by molar-refractivity contribution is -0.138. The Bertz CT molecular complexity index is 1540. The van der Waals surface area contributed by atoms with Gasteiger partial charge in [-0.1, -0.05) is 62.1 Å². The van der Waals surface area contributed by atoms with Crippen molar-refractivity contribution < 1.29 is 18.0 Å². The highest BCUT2D eigenvalue weighted by Crippen LogP contribution is 2.34. The molecule has 1 amide bonds. The number of nitrogens with one attached hydrogen (secondary N) is 1. The number of pyridine rings is 1. The Hall–Kier alpha value is -4.15. The Kier molecular flexibility index (Phi) is 8.68. The first kappa shape index (κ1) is 27.9. The number of benzene rings is 3. The summed E-state index contributed by atoms with van der Waals surface area (Å²) in [7, 11) is 0. The van der Waals surface area contributed by atoms with Crippen LogP contribution >= 0.6 is 0 Å². The highest BCUT2D eigenvalue weighted by atomic mass is 19.4. The van der Waals surface area contributed by atoms with Gasteiger partial charge in [0.15, 0.2) is 0 Å². The number of aryl methyl sites for hydroxylation is 1. The van der Waals surface area contributed by atoms with Gasteiger partial charge in [-0.15, -0.1) is 0 Å². The van der Waals surface area contributed by atoms with Crippen molar-refractivity contribution in [1.29, 1.82) is 0 Å². The molecule has 4 aromatic rings. The smallest absolute Gasteiger partial charge is 0.322 e. The largest absolute Gasteiger partial charge is 0.416 e. The van der Waals surface area contributed by atoms with Crippen LogP contribution in [0.1, 0.15) is 58.4 Å². The fourth-order valence-electron chi connectivity index (χ4n) is 4.41. The van der Waals surface area contributed by atoms with E-state index in [-0.39, 0.29) is 17.8 Å².